The van der Waals surface area contributed by atoms with Crippen molar-refractivity contribution in [2.75, 3.05) is 27.7 Å². The number of carbonyl (C=O) groups is 2. The van der Waals surface area contributed by atoms with Crippen LogP contribution in [0.5, 0.6) is 0 Å². The van der Waals surface area contributed by atoms with E-state index < -0.39 is 10.0 Å². The summed E-state index contributed by atoms with van der Waals surface area (Å²) in [7, 11) is 1.12. The van der Waals surface area contributed by atoms with Gasteiger partial charge in [-0.05, 0) is 62.3 Å². The summed E-state index contributed by atoms with van der Waals surface area (Å²) in [6.07, 6.45) is 4.60. The van der Waals surface area contributed by atoms with E-state index in [1.54, 1.807) is 7.11 Å². The fourth-order valence-electron chi connectivity index (χ4n) is 4.34. The molecule has 30 heavy (non-hydrogen) atoms. The molecule has 3 rings (SSSR count). The summed E-state index contributed by atoms with van der Waals surface area (Å²) in [5.41, 5.74) is 0.388. The molecule has 0 bridgehead atoms. The van der Waals surface area contributed by atoms with Gasteiger partial charge < -0.3 is 15.4 Å². The van der Waals surface area contributed by atoms with Crippen molar-refractivity contribution in [1.29, 1.82) is 0 Å². The van der Waals surface area contributed by atoms with E-state index in [9.17, 15) is 18.0 Å². The van der Waals surface area contributed by atoms with Gasteiger partial charge in [0.2, 0.25) is 15.9 Å². The third-order valence-electron chi connectivity index (χ3n) is 6.24. The van der Waals surface area contributed by atoms with Crippen LogP contribution in [-0.2, 0) is 19.6 Å². The lowest BCUT2D eigenvalue weighted by Gasteiger charge is -2.41. The highest BCUT2D eigenvalue weighted by Gasteiger charge is 2.39. The highest BCUT2D eigenvalue weighted by Crippen LogP contribution is 2.35. The fourth-order valence-corrected chi connectivity index (χ4v) is 5.24. The number of rotatable bonds is 7. The van der Waals surface area contributed by atoms with Gasteiger partial charge in [-0.3, -0.25) is 9.59 Å². The van der Waals surface area contributed by atoms with Gasteiger partial charge in [0, 0.05) is 45.3 Å². The first-order chi connectivity index (χ1) is 14.2. The van der Waals surface area contributed by atoms with Gasteiger partial charge in [0.15, 0.2) is 0 Å². The molecule has 2 N–H and O–H groups in total. The van der Waals surface area contributed by atoms with Gasteiger partial charge in [-0.2, -0.15) is 0 Å². The maximum absolute atomic E-state index is 12.5. The van der Waals surface area contributed by atoms with E-state index in [0.717, 1.165) is 30.0 Å². The minimum atomic E-state index is -3.52. The number of amides is 2. The van der Waals surface area contributed by atoms with Gasteiger partial charge in [0.25, 0.3) is 5.91 Å². The van der Waals surface area contributed by atoms with Gasteiger partial charge >= 0.3 is 0 Å². The SMILES string of the molecule is COC1CCC2CC(CCNC(=O)c3ccc(S(=O)(=O)N(C)C)cc3)C(=O)NC2C1. The fraction of sp³-hybridized carbons (Fsp3) is 0.619. The van der Waals surface area contributed by atoms with E-state index in [-0.39, 0.29) is 34.8 Å². The molecule has 0 radical (unpaired) electrons. The van der Waals surface area contributed by atoms with Gasteiger partial charge in [0.05, 0.1) is 11.0 Å². The number of hydrogen-bond donors (Lipinski definition) is 2. The Morgan fingerprint density at radius 1 is 1.20 bits per heavy atom. The summed E-state index contributed by atoms with van der Waals surface area (Å²) in [6.45, 7) is 0.396. The van der Waals surface area contributed by atoms with Crippen molar-refractivity contribution in [2.45, 2.75) is 49.1 Å². The van der Waals surface area contributed by atoms with Crippen LogP contribution in [0.4, 0.5) is 0 Å². The Kier molecular flexibility index (Phi) is 7.15. The van der Waals surface area contributed by atoms with Gasteiger partial charge in [0.1, 0.15) is 0 Å². The number of nitrogens with one attached hydrogen (secondary N) is 2. The molecule has 2 fully saturated rings. The lowest BCUT2D eigenvalue weighted by atomic mass is 9.74. The maximum Gasteiger partial charge on any atom is 0.251 e. The largest absolute Gasteiger partial charge is 0.381 e. The molecule has 9 heteroatoms. The van der Waals surface area contributed by atoms with Crippen molar-refractivity contribution >= 4 is 21.8 Å². The lowest BCUT2D eigenvalue weighted by molar-refractivity contribution is -0.131. The number of carbonyl (C=O) groups excluding carboxylic acids is 2. The topological polar surface area (TPSA) is 105 Å². The summed E-state index contributed by atoms with van der Waals surface area (Å²) in [5.74, 6) is 0.151. The molecule has 1 aliphatic carbocycles. The Morgan fingerprint density at radius 2 is 1.90 bits per heavy atom. The summed E-state index contributed by atoms with van der Waals surface area (Å²) < 4.78 is 30.8. The van der Waals surface area contributed by atoms with Crippen LogP contribution in [0.1, 0.15) is 42.5 Å². The second-order valence-corrected chi connectivity index (χ2v) is 10.5. The van der Waals surface area contributed by atoms with Crippen molar-refractivity contribution in [3.05, 3.63) is 29.8 Å². The molecule has 1 aromatic rings. The van der Waals surface area contributed by atoms with E-state index in [1.807, 2.05) is 0 Å². The first-order valence-electron chi connectivity index (χ1n) is 10.4. The van der Waals surface area contributed by atoms with E-state index >= 15 is 0 Å². The molecule has 1 saturated carbocycles. The van der Waals surface area contributed by atoms with Crippen molar-refractivity contribution in [3.8, 4) is 0 Å². The number of hydrogen-bond acceptors (Lipinski definition) is 5. The minimum absolute atomic E-state index is 0.0560. The minimum Gasteiger partial charge on any atom is -0.381 e. The van der Waals surface area contributed by atoms with Gasteiger partial charge in [-0.15, -0.1) is 0 Å². The molecule has 0 spiro atoms. The standard InChI is InChI=1S/C21H31N3O5S/c1-24(2)30(27,28)18-8-5-14(6-9-18)20(25)22-11-10-16-12-15-4-7-17(29-3)13-19(15)23-21(16)26/h5-6,8-9,15-17,19H,4,7,10-13H2,1-3H3,(H,22,25)(H,23,26). The summed E-state index contributed by atoms with van der Waals surface area (Å²) in [4.78, 5) is 25.0. The van der Waals surface area contributed by atoms with Crippen molar-refractivity contribution < 1.29 is 22.7 Å². The van der Waals surface area contributed by atoms with Crippen LogP contribution in [0.25, 0.3) is 0 Å². The highest BCUT2D eigenvalue weighted by atomic mass is 32.2. The average Bonchev–Trinajstić information content (AvgIpc) is 2.73. The lowest BCUT2D eigenvalue weighted by Crippen LogP contribution is -2.53. The molecule has 2 aliphatic rings. The normalized spacial score (nSPS) is 26.7. The molecule has 1 heterocycles. The second-order valence-electron chi connectivity index (χ2n) is 8.33. The molecule has 1 aliphatic heterocycles. The number of benzene rings is 1. The molecule has 1 saturated heterocycles. The molecule has 2 amide bonds. The maximum atomic E-state index is 12.5. The molecular weight excluding hydrogens is 406 g/mol. The van der Waals surface area contributed by atoms with Gasteiger partial charge in [-0.1, -0.05) is 0 Å². The Morgan fingerprint density at radius 3 is 2.53 bits per heavy atom. The Labute approximate surface area is 178 Å². The van der Waals surface area contributed by atoms with Crippen LogP contribution >= 0.6 is 0 Å². The molecule has 8 nitrogen and oxygen atoms in total. The first-order valence-corrected chi connectivity index (χ1v) is 11.8. The Bertz CT molecular complexity index is 869. The number of ether oxygens (including phenoxy) is 1. The van der Waals surface area contributed by atoms with E-state index in [2.05, 4.69) is 10.6 Å². The smallest absolute Gasteiger partial charge is 0.251 e. The van der Waals surface area contributed by atoms with E-state index in [0.29, 0.717) is 24.4 Å². The number of methoxy groups -OCH3 is 1. The predicted octanol–water partition coefficient (Wildman–Crippen LogP) is 1.38. The monoisotopic (exact) mass is 437 g/mol. The molecule has 166 valence electrons. The number of nitrogens with zero attached hydrogens (tertiary/aromatic N) is 1. The van der Waals surface area contributed by atoms with E-state index in [4.69, 9.17) is 4.74 Å². The van der Waals surface area contributed by atoms with Crippen molar-refractivity contribution in [1.82, 2.24) is 14.9 Å². The predicted molar refractivity (Wildman–Crippen MR) is 112 cm³/mol. The summed E-state index contributed by atoms with van der Waals surface area (Å²) in [5, 5.41) is 5.98. The van der Waals surface area contributed by atoms with Crippen LogP contribution in [0.3, 0.4) is 0 Å². The van der Waals surface area contributed by atoms with Crippen LogP contribution < -0.4 is 10.6 Å². The zero-order valence-electron chi connectivity index (χ0n) is 17.8. The van der Waals surface area contributed by atoms with Crippen molar-refractivity contribution in [2.24, 2.45) is 11.8 Å². The molecular formula is C21H31N3O5S. The third-order valence-corrected chi connectivity index (χ3v) is 8.07. The molecule has 4 unspecified atom stereocenters. The van der Waals surface area contributed by atoms with Crippen molar-refractivity contribution in [3.63, 3.8) is 0 Å². The zero-order chi connectivity index (χ0) is 21.9. The summed E-state index contributed by atoms with van der Waals surface area (Å²) >= 11 is 0. The number of sulfonamides is 1. The molecule has 0 aromatic heterocycles. The van der Waals surface area contributed by atoms with Crippen LogP contribution in [0, 0.1) is 11.8 Å². The first kappa shape index (κ1) is 22.7. The Balaban J connectivity index is 1.49. The van der Waals surface area contributed by atoms with Crippen LogP contribution in [-0.4, -0.2) is 64.4 Å². The molecule has 1 aromatic carbocycles. The number of fused-ring (bicyclic) bond motifs is 1. The van der Waals surface area contributed by atoms with Crippen LogP contribution in [0.2, 0.25) is 0 Å². The average molecular weight is 438 g/mol. The van der Waals surface area contributed by atoms with Crippen LogP contribution in [0.15, 0.2) is 29.2 Å². The summed E-state index contributed by atoms with van der Waals surface area (Å²) in [6, 6.07) is 6.04. The van der Waals surface area contributed by atoms with Gasteiger partial charge in [-0.25, -0.2) is 12.7 Å². The van der Waals surface area contributed by atoms with E-state index in [1.165, 1.54) is 38.4 Å². The number of piperidine rings is 1. The Hall–Kier alpha value is -1.97. The quantitative estimate of drug-likeness (QED) is 0.671. The second kappa shape index (κ2) is 9.45. The molecule has 4 atom stereocenters. The highest BCUT2D eigenvalue weighted by molar-refractivity contribution is 7.89. The third kappa shape index (κ3) is 5.01. The zero-order valence-corrected chi connectivity index (χ0v) is 18.6.